The van der Waals surface area contributed by atoms with Crippen LogP contribution in [0, 0.1) is 0 Å². The largest absolute Gasteiger partial charge is 0.389 e. The normalized spacial score (nSPS) is 21.3. The predicted octanol–water partition coefficient (Wildman–Crippen LogP) is 1.75. The van der Waals surface area contributed by atoms with Gasteiger partial charge in [0.1, 0.15) is 5.82 Å². The van der Waals surface area contributed by atoms with Crippen molar-refractivity contribution < 1.29 is 9.84 Å². The lowest BCUT2D eigenvalue weighted by atomic mass is 10.0. The van der Waals surface area contributed by atoms with Crippen molar-refractivity contribution in [1.29, 1.82) is 0 Å². The van der Waals surface area contributed by atoms with Gasteiger partial charge in [-0.1, -0.05) is 0 Å². The standard InChI is InChI=1S/C13H20N2O2/c1-10(16)11-4-5-14-12(8-11)15-6-7-17-9-13(15,2)3/h4-5,8,10,16H,6-7,9H2,1-3H3/t10-/m0/s1. The summed E-state index contributed by atoms with van der Waals surface area (Å²) in [6.07, 6.45) is 1.30. The van der Waals surface area contributed by atoms with Gasteiger partial charge < -0.3 is 14.7 Å². The summed E-state index contributed by atoms with van der Waals surface area (Å²) >= 11 is 0. The molecular formula is C13H20N2O2. The van der Waals surface area contributed by atoms with Crippen LogP contribution in [0.1, 0.15) is 32.4 Å². The van der Waals surface area contributed by atoms with E-state index >= 15 is 0 Å². The Morgan fingerprint density at radius 2 is 2.29 bits per heavy atom. The summed E-state index contributed by atoms with van der Waals surface area (Å²) in [5, 5.41) is 9.61. The minimum Gasteiger partial charge on any atom is -0.389 e. The maximum Gasteiger partial charge on any atom is 0.129 e. The summed E-state index contributed by atoms with van der Waals surface area (Å²) in [5.41, 5.74) is 0.847. The summed E-state index contributed by atoms with van der Waals surface area (Å²) < 4.78 is 5.50. The summed E-state index contributed by atoms with van der Waals surface area (Å²) in [6.45, 7) is 8.32. The molecule has 0 bridgehead atoms. The first-order chi connectivity index (χ1) is 8.00. The second-order valence-corrected chi connectivity index (χ2v) is 5.14. The molecule has 1 aliphatic rings. The third-order valence-corrected chi connectivity index (χ3v) is 3.17. The molecule has 1 aromatic rings. The molecule has 4 heteroatoms. The molecule has 0 amide bonds. The molecule has 0 saturated carbocycles. The Morgan fingerprint density at radius 1 is 1.53 bits per heavy atom. The number of ether oxygens (including phenoxy) is 1. The molecule has 2 rings (SSSR count). The fourth-order valence-electron chi connectivity index (χ4n) is 2.12. The fraction of sp³-hybridized carbons (Fsp3) is 0.615. The van der Waals surface area contributed by atoms with Crippen LogP contribution in [-0.4, -0.2) is 35.4 Å². The maximum atomic E-state index is 9.61. The van der Waals surface area contributed by atoms with Crippen molar-refractivity contribution in [2.45, 2.75) is 32.4 Å². The van der Waals surface area contributed by atoms with Crippen molar-refractivity contribution in [1.82, 2.24) is 4.98 Å². The van der Waals surface area contributed by atoms with E-state index in [9.17, 15) is 5.11 Å². The van der Waals surface area contributed by atoms with E-state index in [1.807, 2.05) is 12.1 Å². The third kappa shape index (κ3) is 2.58. The van der Waals surface area contributed by atoms with Gasteiger partial charge >= 0.3 is 0 Å². The molecule has 4 nitrogen and oxygen atoms in total. The Hall–Kier alpha value is -1.13. The van der Waals surface area contributed by atoms with Gasteiger partial charge in [0.2, 0.25) is 0 Å². The molecule has 94 valence electrons. The molecule has 0 unspecified atom stereocenters. The molecule has 1 saturated heterocycles. The zero-order chi connectivity index (χ0) is 12.5. The molecule has 0 aromatic carbocycles. The van der Waals surface area contributed by atoms with Gasteiger partial charge in [-0.05, 0) is 38.5 Å². The minimum absolute atomic E-state index is 0.0530. The molecule has 17 heavy (non-hydrogen) atoms. The van der Waals surface area contributed by atoms with E-state index in [2.05, 4.69) is 23.7 Å². The van der Waals surface area contributed by atoms with E-state index in [1.54, 1.807) is 13.1 Å². The highest BCUT2D eigenvalue weighted by Gasteiger charge is 2.31. The van der Waals surface area contributed by atoms with E-state index in [4.69, 9.17) is 4.74 Å². The number of hydrogen-bond donors (Lipinski definition) is 1. The highest BCUT2D eigenvalue weighted by Crippen LogP contribution is 2.26. The van der Waals surface area contributed by atoms with E-state index in [0.717, 1.165) is 24.5 Å². The van der Waals surface area contributed by atoms with Crippen molar-refractivity contribution >= 4 is 5.82 Å². The number of aromatic nitrogens is 1. The SMILES string of the molecule is C[C@H](O)c1ccnc(N2CCOCC2(C)C)c1. The zero-order valence-electron chi connectivity index (χ0n) is 10.7. The van der Waals surface area contributed by atoms with Crippen LogP contribution in [0.5, 0.6) is 0 Å². The number of anilines is 1. The Bertz CT molecular complexity index is 391. The van der Waals surface area contributed by atoms with Gasteiger partial charge in [0.05, 0.1) is 24.9 Å². The molecular weight excluding hydrogens is 216 g/mol. The number of nitrogens with zero attached hydrogens (tertiary/aromatic N) is 2. The number of aliphatic hydroxyl groups excluding tert-OH is 1. The monoisotopic (exact) mass is 236 g/mol. The van der Waals surface area contributed by atoms with Gasteiger partial charge in [-0.25, -0.2) is 4.98 Å². The minimum atomic E-state index is -0.457. The Labute approximate surface area is 102 Å². The van der Waals surface area contributed by atoms with Crippen LogP contribution in [0.3, 0.4) is 0 Å². The predicted molar refractivity (Wildman–Crippen MR) is 67.1 cm³/mol. The molecule has 1 atom stereocenters. The Balaban J connectivity index is 2.29. The molecule has 0 aliphatic carbocycles. The second kappa shape index (κ2) is 4.63. The lowest BCUT2D eigenvalue weighted by molar-refractivity contribution is 0.0639. The third-order valence-electron chi connectivity index (χ3n) is 3.17. The van der Waals surface area contributed by atoms with Crippen LogP contribution in [-0.2, 0) is 4.74 Å². The number of hydrogen-bond acceptors (Lipinski definition) is 4. The lowest BCUT2D eigenvalue weighted by Gasteiger charge is -2.43. The van der Waals surface area contributed by atoms with Crippen molar-refractivity contribution in [2.75, 3.05) is 24.7 Å². The molecule has 2 heterocycles. The molecule has 1 aromatic heterocycles. The summed E-state index contributed by atoms with van der Waals surface area (Å²) in [7, 11) is 0. The fourth-order valence-corrected chi connectivity index (χ4v) is 2.12. The van der Waals surface area contributed by atoms with Crippen LogP contribution in [0.15, 0.2) is 18.3 Å². The molecule has 1 aliphatic heterocycles. The number of pyridine rings is 1. The van der Waals surface area contributed by atoms with Crippen LogP contribution < -0.4 is 4.90 Å². The van der Waals surface area contributed by atoms with Crippen LogP contribution in [0.25, 0.3) is 0 Å². The van der Waals surface area contributed by atoms with Crippen LogP contribution >= 0.6 is 0 Å². The van der Waals surface area contributed by atoms with Crippen molar-refractivity contribution in [3.63, 3.8) is 0 Å². The first kappa shape index (κ1) is 12.3. The molecule has 1 N–H and O–H groups in total. The summed E-state index contributed by atoms with van der Waals surface area (Å²) in [4.78, 5) is 6.64. The smallest absolute Gasteiger partial charge is 0.129 e. The second-order valence-electron chi connectivity index (χ2n) is 5.14. The van der Waals surface area contributed by atoms with Gasteiger partial charge in [0.25, 0.3) is 0 Å². The number of aliphatic hydroxyl groups is 1. The van der Waals surface area contributed by atoms with Crippen molar-refractivity contribution in [3.8, 4) is 0 Å². The molecule has 0 spiro atoms. The van der Waals surface area contributed by atoms with Gasteiger partial charge in [-0.15, -0.1) is 0 Å². The van der Waals surface area contributed by atoms with Crippen molar-refractivity contribution in [3.05, 3.63) is 23.9 Å². The summed E-state index contributed by atoms with van der Waals surface area (Å²) in [5.74, 6) is 0.914. The van der Waals surface area contributed by atoms with Crippen molar-refractivity contribution in [2.24, 2.45) is 0 Å². The quantitative estimate of drug-likeness (QED) is 0.849. The van der Waals surface area contributed by atoms with Gasteiger partial charge in [-0.2, -0.15) is 0 Å². The maximum absolute atomic E-state index is 9.61. The number of rotatable bonds is 2. The van der Waals surface area contributed by atoms with E-state index in [-0.39, 0.29) is 5.54 Å². The van der Waals surface area contributed by atoms with E-state index < -0.39 is 6.10 Å². The topological polar surface area (TPSA) is 45.6 Å². The number of morpholine rings is 1. The average molecular weight is 236 g/mol. The Morgan fingerprint density at radius 3 is 2.94 bits per heavy atom. The van der Waals surface area contributed by atoms with Gasteiger partial charge in [0, 0.05) is 12.7 Å². The summed E-state index contributed by atoms with van der Waals surface area (Å²) in [6, 6.07) is 3.80. The Kier molecular flexibility index (Phi) is 3.35. The van der Waals surface area contributed by atoms with Gasteiger partial charge in [-0.3, -0.25) is 0 Å². The van der Waals surface area contributed by atoms with Crippen LogP contribution in [0.4, 0.5) is 5.82 Å². The first-order valence-electron chi connectivity index (χ1n) is 6.00. The zero-order valence-corrected chi connectivity index (χ0v) is 10.7. The molecule has 0 radical (unpaired) electrons. The highest BCUT2D eigenvalue weighted by molar-refractivity contribution is 5.44. The van der Waals surface area contributed by atoms with Crippen LogP contribution in [0.2, 0.25) is 0 Å². The highest BCUT2D eigenvalue weighted by atomic mass is 16.5. The first-order valence-corrected chi connectivity index (χ1v) is 6.00. The molecule has 1 fully saturated rings. The lowest BCUT2D eigenvalue weighted by Crippen LogP contribution is -2.53. The van der Waals surface area contributed by atoms with Gasteiger partial charge in [0.15, 0.2) is 0 Å². The van der Waals surface area contributed by atoms with E-state index in [0.29, 0.717) is 6.61 Å². The average Bonchev–Trinajstić information content (AvgIpc) is 2.28. The van der Waals surface area contributed by atoms with E-state index in [1.165, 1.54) is 0 Å².